The summed E-state index contributed by atoms with van der Waals surface area (Å²) in [6.07, 6.45) is 9.38. The van der Waals surface area contributed by atoms with Crippen LogP contribution in [-0.4, -0.2) is 30.3 Å². The number of rotatable bonds is 6. The molecule has 0 saturated carbocycles. The molecule has 1 aliphatic heterocycles. The topological polar surface area (TPSA) is 63.2 Å². The lowest BCUT2D eigenvalue weighted by atomic mass is 10.0. The second-order valence-corrected chi connectivity index (χ2v) is 6.29. The van der Waals surface area contributed by atoms with Gasteiger partial charge in [0, 0.05) is 31.1 Å². The van der Waals surface area contributed by atoms with Crippen LogP contribution in [0.15, 0.2) is 48.8 Å². The Bertz CT molecular complexity index is 670. The van der Waals surface area contributed by atoms with Gasteiger partial charge in [0.25, 0.3) is 0 Å². The normalized spacial score (nSPS) is 17.0. The summed E-state index contributed by atoms with van der Waals surface area (Å²) in [4.78, 5) is 16.2. The molecule has 2 aromatic rings. The van der Waals surface area contributed by atoms with Crippen LogP contribution in [0.3, 0.4) is 0 Å². The third-order valence-electron chi connectivity index (χ3n) is 4.43. The van der Waals surface area contributed by atoms with Gasteiger partial charge in [-0.2, -0.15) is 0 Å². The third kappa shape index (κ3) is 5.29. The second-order valence-electron chi connectivity index (χ2n) is 6.29. The molecule has 1 aliphatic rings. The minimum atomic E-state index is -0.175. The van der Waals surface area contributed by atoms with Crippen LogP contribution in [0.4, 0.5) is 10.5 Å². The van der Waals surface area contributed by atoms with Gasteiger partial charge in [0.15, 0.2) is 0 Å². The summed E-state index contributed by atoms with van der Waals surface area (Å²) in [5, 5.41) is 5.88. The van der Waals surface area contributed by atoms with Crippen molar-refractivity contribution in [1.29, 1.82) is 0 Å². The van der Waals surface area contributed by atoms with Crippen molar-refractivity contribution < 1.29 is 9.53 Å². The molecule has 2 heterocycles. The minimum absolute atomic E-state index is 0.175. The predicted octanol–water partition coefficient (Wildman–Crippen LogP) is 4.22. The number of nitrogens with zero attached hydrogens (tertiary/aromatic N) is 1. The monoisotopic (exact) mass is 339 g/mol. The van der Waals surface area contributed by atoms with E-state index in [0.29, 0.717) is 12.6 Å². The van der Waals surface area contributed by atoms with E-state index in [1.165, 1.54) is 12.8 Å². The Kier molecular flexibility index (Phi) is 6.40. The van der Waals surface area contributed by atoms with E-state index in [2.05, 4.69) is 15.6 Å². The van der Waals surface area contributed by atoms with E-state index in [-0.39, 0.29) is 6.03 Å². The molecular weight excluding hydrogens is 314 g/mol. The summed E-state index contributed by atoms with van der Waals surface area (Å²) in [5.41, 5.74) is 2.80. The van der Waals surface area contributed by atoms with Gasteiger partial charge in [0.1, 0.15) is 0 Å². The zero-order valence-corrected chi connectivity index (χ0v) is 14.4. The number of carbonyl (C=O) groups is 1. The number of pyridine rings is 1. The average molecular weight is 339 g/mol. The number of urea groups is 1. The van der Waals surface area contributed by atoms with Crippen LogP contribution in [0.5, 0.6) is 0 Å². The quantitative estimate of drug-likeness (QED) is 0.775. The summed E-state index contributed by atoms with van der Waals surface area (Å²) in [6.45, 7) is 1.54. The molecule has 2 N–H and O–H groups in total. The molecule has 1 aromatic carbocycles. The Balaban J connectivity index is 1.48. The number of benzene rings is 1. The Morgan fingerprint density at radius 2 is 2.00 bits per heavy atom. The van der Waals surface area contributed by atoms with Crippen molar-refractivity contribution in [3.63, 3.8) is 0 Å². The first-order valence-corrected chi connectivity index (χ1v) is 8.99. The van der Waals surface area contributed by atoms with Crippen LogP contribution in [0, 0.1) is 0 Å². The molecule has 1 fully saturated rings. The first kappa shape index (κ1) is 17.4. The summed E-state index contributed by atoms with van der Waals surface area (Å²) in [5.74, 6) is 0. The SMILES string of the molecule is O=C(NCCC[C@@H]1CCCCO1)Nc1ccccc1-c1ccncc1. The van der Waals surface area contributed by atoms with E-state index in [1.807, 2.05) is 36.4 Å². The van der Waals surface area contributed by atoms with Crippen LogP contribution in [0.2, 0.25) is 0 Å². The second kappa shape index (κ2) is 9.18. The van der Waals surface area contributed by atoms with Crippen LogP contribution < -0.4 is 10.6 Å². The number of anilines is 1. The molecule has 132 valence electrons. The fourth-order valence-electron chi connectivity index (χ4n) is 3.11. The van der Waals surface area contributed by atoms with Crippen molar-refractivity contribution in [3.8, 4) is 11.1 Å². The highest BCUT2D eigenvalue weighted by atomic mass is 16.5. The molecule has 0 bridgehead atoms. The van der Waals surface area contributed by atoms with Crippen molar-refractivity contribution in [2.75, 3.05) is 18.5 Å². The first-order valence-electron chi connectivity index (χ1n) is 8.99. The fraction of sp³-hybridized carbons (Fsp3) is 0.400. The number of amides is 2. The molecule has 0 spiro atoms. The summed E-state index contributed by atoms with van der Waals surface area (Å²) in [7, 11) is 0. The fourth-order valence-corrected chi connectivity index (χ4v) is 3.11. The molecule has 5 nitrogen and oxygen atoms in total. The minimum Gasteiger partial charge on any atom is -0.378 e. The molecule has 3 rings (SSSR count). The average Bonchev–Trinajstić information content (AvgIpc) is 2.67. The van der Waals surface area contributed by atoms with E-state index in [0.717, 1.165) is 42.7 Å². The van der Waals surface area contributed by atoms with Gasteiger partial charge in [-0.1, -0.05) is 18.2 Å². The van der Waals surface area contributed by atoms with E-state index >= 15 is 0 Å². The lowest BCUT2D eigenvalue weighted by Crippen LogP contribution is -2.30. The maximum absolute atomic E-state index is 12.2. The number of nitrogens with one attached hydrogen (secondary N) is 2. The van der Waals surface area contributed by atoms with Crippen LogP contribution in [-0.2, 0) is 4.74 Å². The number of carbonyl (C=O) groups excluding carboxylic acids is 1. The molecule has 5 heteroatoms. The van der Waals surface area contributed by atoms with Crippen LogP contribution >= 0.6 is 0 Å². The highest BCUT2D eigenvalue weighted by molar-refractivity contribution is 5.94. The largest absolute Gasteiger partial charge is 0.378 e. The smallest absolute Gasteiger partial charge is 0.319 e. The molecule has 25 heavy (non-hydrogen) atoms. The number of ether oxygens (including phenoxy) is 1. The Morgan fingerprint density at radius 1 is 1.16 bits per heavy atom. The van der Waals surface area contributed by atoms with E-state index in [1.54, 1.807) is 12.4 Å². The number of hydrogen-bond acceptors (Lipinski definition) is 3. The predicted molar refractivity (Wildman–Crippen MR) is 99.5 cm³/mol. The molecule has 1 saturated heterocycles. The van der Waals surface area contributed by atoms with Crippen molar-refractivity contribution in [1.82, 2.24) is 10.3 Å². The maximum Gasteiger partial charge on any atom is 0.319 e. The van der Waals surface area contributed by atoms with Gasteiger partial charge < -0.3 is 15.4 Å². The van der Waals surface area contributed by atoms with E-state index < -0.39 is 0 Å². The summed E-state index contributed by atoms with van der Waals surface area (Å²) >= 11 is 0. The van der Waals surface area contributed by atoms with Crippen molar-refractivity contribution in [2.24, 2.45) is 0 Å². The van der Waals surface area contributed by atoms with Crippen molar-refractivity contribution >= 4 is 11.7 Å². The number of aromatic nitrogens is 1. The number of para-hydroxylation sites is 1. The summed E-state index contributed by atoms with van der Waals surface area (Å²) in [6, 6.07) is 11.5. The Labute approximate surface area is 148 Å². The van der Waals surface area contributed by atoms with Crippen molar-refractivity contribution in [3.05, 3.63) is 48.8 Å². The first-order chi connectivity index (χ1) is 12.3. The Hall–Kier alpha value is -2.40. The zero-order chi connectivity index (χ0) is 17.3. The molecule has 1 aromatic heterocycles. The van der Waals surface area contributed by atoms with Crippen LogP contribution in [0.1, 0.15) is 32.1 Å². The van der Waals surface area contributed by atoms with E-state index in [4.69, 9.17) is 4.74 Å². The van der Waals surface area contributed by atoms with Gasteiger partial charge in [-0.25, -0.2) is 4.79 Å². The standard InChI is InChI=1S/C20H25N3O2/c24-20(22-12-5-7-17-6-3-4-15-25-17)23-19-9-2-1-8-18(19)16-10-13-21-14-11-16/h1-2,8-11,13-14,17H,3-7,12,15H2,(H2,22,23,24)/t17-/m0/s1. The lowest BCUT2D eigenvalue weighted by molar-refractivity contribution is 0.0103. The molecular formula is C20H25N3O2. The number of hydrogen-bond donors (Lipinski definition) is 2. The summed E-state index contributed by atoms with van der Waals surface area (Å²) < 4.78 is 5.71. The van der Waals surface area contributed by atoms with E-state index in [9.17, 15) is 4.79 Å². The Morgan fingerprint density at radius 3 is 2.80 bits per heavy atom. The third-order valence-corrected chi connectivity index (χ3v) is 4.43. The highest BCUT2D eigenvalue weighted by Gasteiger charge is 2.13. The van der Waals surface area contributed by atoms with Gasteiger partial charge in [-0.15, -0.1) is 0 Å². The van der Waals surface area contributed by atoms with Gasteiger partial charge in [0.2, 0.25) is 0 Å². The molecule has 2 amide bonds. The zero-order valence-electron chi connectivity index (χ0n) is 14.4. The molecule has 0 aliphatic carbocycles. The van der Waals surface area contributed by atoms with Crippen molar-refractivity contribution in [2.45, 2.75) is 38.2 Å². The maximum atomic E-state index is 12.2. The van der Waals surface area contributed by atoms with Gasteiger partial charge in [-0.05, 0) is 55.9 Å². The van der Waals surface area contributed by atoms with Gasteiger partial charge in [-0.3, -0.25) is 4.98 Å². The molecule has 1 atom stereocenters. The molecule has 0 radical (unpaired) electrons. The van der Waals surface area contributed by atoms with Gasteiger partial charge in [0.05, 0.1) is 11.8 Å². The lowest BCUT2D eigenvalue weighted by Gasteiger charge is -2.22. The van der Waals surface area contributed by atoms with Gasteiger partial charge >= 0.3 is 6.03 Å². The molecule has 0 unspecified atom stereocenters. The highest BCUT2D eigenvalue weighted by Crippen LogP contribution is 2.27. The van der Waals surface area contributed by atoms with Crippen LogP contribution in [0.25, 0.3) is 11.1 Å².